The quantitative estimate of drug-likeness (QED) is 0.746. The van der Waals surface area contributed by atoms with Crippen LogP contribution < -0.4 is 5.32 Å². The Labute approximate surface area is 116 Å². The lowest BCUT2D eigenvalue weighted by Crippen LogP contribution is -2.35. The van der Waals surface area contributed by atoms with Crippen molar-refractivity contribution in [2.75, 3.05) is 6.54 Å². The van der Waals surface area contributed by atoms with Gasteiger partial charge in [-0.2, -0.15) is 0 Å². The van der Waals surface area contributed by atoms with Crippen LogP contribution in [0, 0.1) is 5.41 Å². The Morgan fingerprint density at radius 1 is 1.37 bits per heavy atom. The molecule has 19 heavy (non-hydrogen) atoms. The predicted molar refractivity (Wildman–Crippen MR) is 73.7 cm³/mol. The zero-order chi connectivity index (χ0) is 14.6. The summed E-state index contributed by atoms with van der Waals surface area (Å²) >= 11 is 0.953. The molecule has 0 bridgehead atoms. The number of aliphatic hydroxyl groups excluding tert-OH is 1. The monoisotopic (exact) mass is 285 g/mol. The number of carboxylic acid groups (broad SMARTS) is 1. The number of aromatic carboxylic acids is 1. The minimum atomic E-state index is -1.03. The first kappa shape index (κ1) is 15.7. The van der Waals surface area contributed by atoms with E-state index in [0.717, 1.165) is 11.3 Å². The minimum Gasteiger partial charge on any atom is -0.477 e. The standard InChI is InChI=1S/C13H19NO4S/c1-8(15)6-13(2,3)7-14-11(16)9-4-5-10(19-9)12(17)18/h4-5,8,15H,6-7H2,1-3H3,(H,14,16)(H,17,18). The van der Waals surface area contributed by atoms with Crippen molar-refractivity contribution in [1.29, 1.82) is 0 Å². The van der Waals surface area contributed by atoms with E-state index in [2.05, 4.69) is 5.32 Å². The predicted octanol–water partition coefficient (Wildman–Crippen LogP) is 1.97. The van der Waals surface area contributed by atoms with Gasteiger partial charge in [-0.05, 0) is 30.9 Å². The number of amides is 1. The van der Waals surface area contributed by atoms with Gasteiger partial charge in [0.25, 0.3) is 5.91 Å². The Bertz CT molecular complexity index is 465. The number of aliphatic hydroxyl groups is 1. The van der Waals surface area contributed by atoms with Crippen LogP contribution in [0.2, 0.25) is 0 Å². The van der Waals surface area contributed by atoms with Crippen LogP contribution in [-0.4, -0.2) is 34.7 Å². The normalized spacial score (nSPS) is 13.1. The highest BCUT2D eigenvalue weighted by Crippen LogP contribution is 2.22. The molecule has 0 saturated carbocycles. The van der Waals surface area contributed by atoms with Crippen LogP contribution in [-0.2, 0) is 0 Å². The maximum absolute atomic E-state index is 11.9. The highest BCUT2D eigenvalue weighted by Gasteiger charge is 2.22. The zero-order valence-corrected chi connectivity index (χ0v) is 12.1. The molecule has 6 heteroatoms. The third kappa shape index (κ3) is 5.00. The fraction of sp³-hybridized carbons (Fsp3) is 0.538. The molecule has 5 nitrogen and oxygen atoms in total. The summed E-state index contributed by atoms with van der Waals surface area (Å²) in [6.07, 6.45) is 0.158. The van der Waals surface area contributed by atoms with E-state index in [1.54, 1.807) is 6.92 Å². The van der Waals surface area contributed by atoms with Gasteiger partial charge in [-0.3, -0.25) is 4.79 Å². The molecule has 3 N–H and O–H groups in total. The first-order valence-electron chi connectivity index (χ1n) is 6.01. The first-order valence-corrected chi connectivity index (χ1v) is 6.82. The van der Waals surface area contributed by atoms with E-state index in [0.29, 0.717) is 17.8 Å². The van der Waals surface area contributed by atoms with Gasteiger partial charge >= 0.3 is 5.97 Å². The first-order chi connectivity index (χ1) is 8.71. The van der Waals surface area contributed by atoms with Gasteiger partial charge < -0.3 is 15.5 Å². The highest BCUT2D eigenvalue weighted by atomic mass is 32.1. The van der Waals surface area contributed by atoms with Gasteiger partial charge in [-0.25, -0.2) is 4.79 Å². The van der Waals surface area contributed by atoms with Gasteiger partial charge in [0.1, 0.15) is 4.88 Å². The summed E-state index contributed by atoms with van der Waals surface area (Å²) in [7, 11) is 0. The molecule has 0 spiro atoms. The smallest absolute Gasteiger partial charge is 0.345 e. The van der Waals surface area contributed by atoms with Crippen molar-refractivity contribution in [3.63, 3.8) is 0 Å². The van der Waals surface area contributed by atoms with Gasteiger partial charge in [-0.1, -0.05) is 13.8 Å². The Morgan fingerprint density at radius 2 is 1.95 bits per heavy atom. The Balaban J connectivity index is 2.57. The van der Waals surface area contributed by atoms with Crippen LogP contribution in [0.3, 0.4) is 0 Å². The average molecular weight is 285 g/mol. The fourth-order valence-electron chi connectivity index (χ4n) is 1.85. The zero-order valence-electron chi connectivity index (χ0n) is 11.3. The lowest BCUT2D eigenvalue weighted by atomic mass is 9.87. The Morgan fingerprint density at radius 3 is 2.42 bits per heavy atom. The van der Waals surface area contributed by atoms with E-state index in [4.69, 9.17) is 5.11 Å². The summed E-state index contributed by atoms with van der Waals surface area (Å²) in [6.45, 7) is 6.05. The molecule has 0 aliphatic carbocycles. The van der Waals surface area contributed by atoms with Crippen LogP contribution in [0.25, 0.3) is 0 Å². The van der Waals surface area contributed by atoms with Gasteiger partial charge in [0.2, 0.25) is 0 Å². The second-order valence-corrected chi connectivity index (χ2v) is 6.45. The molecule has 1 aromatic rings. The van der Waals surface area contributed by atoms with Gasteiger partial charge in [0, 0.05) is 6.54 Å². The number of hydrogen-bond donors (Lipinski definition) is 3. The molecule has 1 amide bonds. The number of carbonyl (C=O) groups is 2. The molecule has 0 fully saturated rings. The van der Waals surface area contributed by atoms with Crippen LogP contribution in [0.4, 0.5) is 0 Å². The molecule has 1 heterocycles. The molecule has 1 aromatic heterocycles. The third-order valence-electron chi connectivity index (χ3n) is 2.62. The van der Waals surface area contributed by atoms with Crippen LogP contribution in [0.15, 0.2) is 12.1 Å². The molecule has 1 unspecified atom stereocenters. The number of thiophene rings is 1. The molecular weight excluding hydrogens is 266 g/mol. The molecule has 1 rings (SSSR count). The van der Waals surface area contributed by atoms with E-state index in [9.17, 15) is 14.7 Å². The van der Waals surface area contributed by atoms with E-state index < -0.39 is 12.1 Å². The minimum absolute atomic E-state index is 0.147. The highest BCUT2D eigenvalue weighted by molar-refractivity contribution is 7.15. The molecule has 106 valence electrons. The summed E-state index contributed by atoms with van der Waals surface area (Å²) in [6, 6.07) is 2.92. The van der Waals surface area contributed by atoms with Crippen molar-refractivity contribution in [3.8, 4) is 0 Å². The van der Waals surface area contributed by atoms with E-state index >= 15 is 0 Å². The summed E-state index contributed by atoms with van der Waals surface area (Å²) in [5.41, 5.74) is -0.212. The fourth-order valence-corrected chi connectivity index (χ4v) is 2.61. The molecule has 0 aromatic carbocycles. The van der Waals surface area contributed by atoms with Crippen molar-refractivity contribution < 1.29 is 19.8 Å². The summed E-state index contributed by atoms with van der Waals surface area (Å²) in [4.78, 5) is 23.1. The van der Waals surface area contributed by atoms with Crippen LogP contribution in [0.5, 0.6) is 0 Å². The van der Waals surface area contributed by atoms with Crippen molar-refractivity contribution >= 4 is 23.2 Å². The molecule has 0 saturated heterocycles. The summed E-state index contributed by atoms with van der Waals surface area (Å²) < 4.78 is 0. The molecule has 1 atom stereocenters. The lowest BCUT2D eigenvalue weighted by Gasteiger charge is -2.26. The molecule has 0 aliphatic heterocycles. The van der Waals surface area contributed by atoms with Crippen LogP contribution >= 0.6 is 11.3 Å². The Hall–Kier alpha value is -1.40. The van der Waals surface area contributed by atoms with Crippen molar-refractivity contribution in [1.82, 2.24) is 5.32 Å². The lowest BCUT2D eigenvalue weighted by molar-refractivity contribution is 0.0702. The van der Waals surface area contributed by atoms with E-state index in [-0.39, 0.29) is 16.2 Å². The van der Waals surface area contributed by atoms with Gasteiger partial charge in [-0.15, -0.1) is 11.3 Å². The third-order valence-corrected chi connectivity index (χ3v) is 3.69. The van der Waals surface area contributed by atoms with E-state index in [1.807, 2.05) is 13.8 Å². The van der Waals surface area contributed by atoms with Crippen LogP contribution in [0.1, 0.15) is 46.5 Å². The van der Waals surface area contributed by atoms with Crippen molar-refractivity contribution in [2.45, 2.75) is 33.3 Å². The number of hydrogen-bond acceptors (Lipinski definition) is 4. The second-order valence-electron chi connectivity index (χ2n) is 5.37. The second kappa shape index (κ2) is 6.16. The number of carbonyl (C=O) groups excluding carboxylic acids is 1. The van der Waals surface area contributed by atoms with Crippen molar-refractivity contribution in [2.24, 2.45) is 5.41 Å². The van der Waals surface area contributed by atoms with Crippen molar-refractivity contribution in [3.05, 3.63) is 21.9 Å². The maximum atomic E-state index is 11.9. The summed E-state index contributed by atoms with van der Waals surface area (Å²) in [5.74, 6) is -1.31. The largest absolute Gasteiger partial charge is 0.477 e. The van der Waals surface area contributed by atoms with Gasteiger partial charge in [0.15, 0.2) is 0 Å². The number of nitrogens with one attached hydrogen (secondary N) is 1. The molecule has 0 radical (unpaired) electrons. The van der Waals surface area contributed by atoms with Gasteiger partial charge in [0.05, 0.1) is 11.0 Å². The Kier molecular flexibility index (Phi) is 5.08. The molecule has 0 aliphatic rings. The number of rotatable bonds is 6. The molecular formula is C13H19NO4S. The SMILES string of the molecule is CC(O)CC(C)(C)CNC(=O)c1ccc(C(=O)O)s1. The number of carboxylic acids is 1. The maximum Gasteiger partial charge on any atom is 0.345 e. The topological polar surface area (TPSA) is 86.6 Å². The average Bonchev–Trinajstić information content (AvgIpc) is 2.73. The van der Waals surface area contributed by atoms with E-state index in [1.165, 1.54) is 12.1 Å². The summed E-state index contributed by atoms with van der Waals surface area (Å²) in [5, 5.41) is 20.9.